The summed E-state index contributed by atoms with van der Waals surface area (Å²) < 4.78 is 0. The first-order valence-corrected chi connectivity index (χ1v) is 7.22. The molecule has 17 heavy (non-hydrogen) atoms. The van der Waals surface area contributed by atoms with Crippen LogP contribution < -0.4 is 0 Å². The van der Waals surface area contributed by atoms with E-state index >= 15 is 0 Å². The zero-order valence-electron chi connectivity index (χ0n) is 10.4. The molecule has 0 atom stereocenters. The van der Waals surface area contributed by atoms with Gasteiger partial charge in [-0.25, -0.2) is 4.98 Å². The molecule has 4 heteroatoms. The van der Waals surface area contributed by atoms with E-state index < -0.39 is 0 Å². The maximum absolute atomic E-state index is 8.82. The van der Waals surface area contributed by atoms with Crippen molar-refractivity contribution in [2.24, 2.45) is 0 Å². The first-order chi connectivity index (χ1) is 8.33. The van der Waals surface area contributed by atoms with Gasteiger partial charge in [0.2, 0.25) is 0 Å². The van der Waals surface area contributed by atoms with Crippen LogP contribution in [0.15, 0.2) is 0 Å². The second-order valence-corrected chi connectivity index (χ2v) is 5.71. The maximum atomic E-state index is 8.82. The van der Waals surface area contributed by atoms with E-state index in [1.165, 1.54) is 35.8 Å². The Labute approximate surface area is 107 Å². The van der Waals surface area contributed by atoms with Gasteiger partial charge in [-0.05, 0) is 32.4 Å². The third-order valence-corrected chi connectivity index (χ3v) is 4.19. The summed E-state index contributed by atoms with van der Waals surface area (Å²) >= 11 is 1.74. The molecule has 1 aromatic rings. The minimum absolute atomic E-state index is 0.521. The van der Waals surface area contributed by atoms with Crippen LogP contribution in [0.5, 0.6) is 0 Å². The van der Waals surface area contributed by atoms with Crippen molar-refractivity contribution >= 4 is 11.3 Å². The van der Waals surface area contributed by atoms with Gasteiger partial charge in [-0.3, -0.25) is 4.90 Å². The lowest BCUT2D eigenvalue weighted by Gasteiger charge is -2.11. The lowest BCUT2D eigenvalue weighted by atomic mass is 10.2. The van der Waals surface area contributed by atoms with E-state index in [2.05, 4.69) is 17.9 Å². The fraction of sp³-hybridized carbons (Fsp3) is 0.692. The molecule has 2 rings (SSSR count). The fourth-order valence-corrected chi connectivity index (χ4v) is 3.37. The smallest absolute Gasteiger partial charge is 0.107 e. The minimum Gasteiger partial charge on any atom is -0.297 e. The monoisotopic (exact) mass is 249 g/mol. The van der Waals surface area contributed by atoms with Gasteiger partial charge in [0.1, 0.15) is 5.01 Å². The topological polar surface area (TPSA) is 39.9 Å². The molecule has 0 bridgehead atoms. The van der Waals surface area contributed by atoms with Crippen LogP contribution >= 0.6 is 11.3 Å². The van der Waals surface area contributed by atoms with Crippen LogP contribution in [0, 0.1) is 11.3 Å². The summed E-state index contributed by atoms with van der Waals surface area (Å²) in [5, 5.41) is 10.0. The summed E-state index contributed by atoms with van der Waals surface area (Å²) in [7, 11) is 0. The summed E-state index contributed by atoms with van der Waals surface area (Å²) in [5.74, 6) is 0. The van der Waals surface area contributed by atoms with Crippen molar-refractivity contribution in [1.82, 2.24) is 9.88 Å². The van der Waals surface area contributed by atoms with Gasteiger partial charge in [0.15, 0.2) is 0 Å². The normalized spacial score (nSPS) is 16.2. The number of nitrogens with zero attached hydrogens (tertiary/aromatic N) is 3. The maximum Gasteiger partial charge on any atom is 0.107 e. The zero-order chi connectivity index (χ0) is 12.1. The number of hydrogen-bond acceptors (Lipinski definition) is 4. The Morgan fingerprint density at radius 1 is 1.41 bits per heavy atom. The Balaban J connectivity index is 2.06. The van der Waals surface area contributed by atoms with E-state index in [-0.39, 0.29) is 0 Å². The third kappa shape index (κ3) is 3.27. The molecule has 1 saturated heterocycles. The van der Waals surface area contributed by atoms with Crippen LogP contribution in [0.1, 0.15) is 41.8 Å². The standard InChI is InChI=1S/C13H19N3S/c1-2-5-11-12(6-7-14)17-13(15-11)10-16-8-3-4-9-16/h2-6,8-10H2,1H3. The molecule has 2 heterocycles. The molecule has 1 aliphatic heterocycles. The summed E-state index contributed by atoms with van der Waals surface area (Å²) in [4.78, 5) is 8.35. The van der Waals surface area contributed by atoms with Gasteiger partial charge in [0.05, 0.1) is 24.7 Å². The molecule has 0 N–H and O–H groups in total. The molecule has 1 aromatic heterocycles. The fourth-order valence-electron chi connectivity index (χ4n) is 2.28. The third-order valence-electron chi connectivity index (χ3n) is 3.11. The van der Waals surface area contributed by atoms with Crippen molar-refractivity contribution < 1.29 is 0 Å². The Hall–Kier alpha value is -0.920. The summed E-state index contributed by atoms with van der Waals surface area (Å²) in [6, 6.07) is 2.25. The molecular weight excluding hydrogens is 230 g/mol. The van der Waals surface area contributed by atoms with Gasteiger partial charge in [-0.1, -0.05) is 13.3 Å². The second-order valence-electron chi connectivity index (χ2n) is 4.55. The van der Waals surface area contributed by atoms with Crippen LogP contribution in [-0.4, -0.2) is 23.0 Å². The van der Waals surface area contributed by atoms with Crippen molar-refractivity contribution in [3.63, 3.8) is 0 Å². The van der Waals surface area contributed by atoms with Crippen LogP contribution in [0.25, 0.3) is 0 Å². The van der Waals surface area contributed by atoms with Crippen molar-refractivity contribution in [3.05, 3.63) is 15.6 Å². The van der Waals surface area contributed by atoms with E-state index in [1.807, 2.05) is 0 Å². The number of thiazole rings is 1. The van der Waals surface area contributed by atoms with Gasteiger partial charge < -0.3 is 0 Å². The van der Waals surface area contributed by atoms with Crippen molar-refractivity contribution in [2.75, 3.05) is 13.1 Å². The van der Waals surface area contributed by atoms with E-state index in [0.29, 0.717) is 6.42 Å². The van der Waals surface area contributed by atoms with Gasteiger partial charge in [0, 0.05) is 4.88 Å². The Morgan fingerprint density at radius 3 is 2.82 bits per heavy atom. The van der Waals surface area contributed by atoms with E-state index in [9.17, 15) is 0 Å². The van der Waals surface area contributed by atoms with E-state index in [1.54, 1.807) is 11.3 Å². The van der Waals surface area contributed by atoms with Crippen LogP contribution in [0.3, 0.4) is 0 Å². The quantitative estimate of drug-likeness (QED) is 0.805. The molecule has 0 unspecified atom stereocenters. The number of hydrogen-bond donors (Lipinski definition) is 0. The molecule has 1 aliphatic rings. The second kappa shape index (κ2) is 6.13. The molecule has 0 spiro atoms. The first kappa shape index (κ1) is 12.5. The highest BCUT2D eigenvalue weighted by Crippen LogP contribution is 2.23. The molecule has 3 nitrogen and oxygen atoms in total. The highest BCUT2D eigenvalue weighted by Gasteiger charge is 2.16. The summed E-state index contributed by atoms with van der Waals surface area (Å²) in [6.07, 6.45) is 5.27. The van der Waals surface area contributed by atoms with Gasteiger partial charge >= 0.3 is 0 Å². The van der Waals surface area contributed by atoms with Gasteiger partial charge in [-0.2, -0.15) is 5.26 Å². The Morgan fingerprint density at radius 2 is 2.18 bits per heavy atom. The van der Waals surface area contributed by atoms with Crippen LogP contribution in [0.2, 0.25) is 0 Å². The molecule has 0 amide bonds. The number of nitriles is 1. The Bertz CT molecular complexity index is 399. The predicted molar refractivity (Wildman–Crippen MR) is 69.9 cm³/mol. The SMILES string of the molecule is CCCc1nc(CN2CCCC2)sc1CC#N. The summed E-state index contributed by atoms with van der Waals surface area (Å²) in [5.41, 5.74) is 1.16. The molecule has 92 valence electrons. The highest BCUT2D eigenvalue weighted by atomic mass is 32.1. The number of aromatic nitrogens is 1. The number of likely N-dealkylation sites (tertiary alicyclic amines) is 1. The number of rotatable bonds is 5. The molecule has 0 radical (unpaired) electrons. The average molecular weight is 249 g/mol. The van der Waals surface area contributed by atoms with E-state index in [4.69, 9.17) is 10.2 Å². The van der Waals surface area contributed by atoms with Gasteiger partial charge in [-0.15, -0.1) is 11.3 Å². The Kier molecular flexibility index (Phi) is 4.52. The van der Waals surface area contributed by atoms with Gasteiger partial charge in [0.25, 0.3) is 0 Å². The lowest BCUT2D eigenvalue weighted by Crippen LogP contribution is -2.18. The highest BCUT2D eigenvalue weighted by molar-refractivity contribution is 7.11. The minimum atomic E-state index is 0.521. The molecule has 0 aromatic carbocycles. The van der Waals surface area contributed by atoms with Crippen LogP contribution in [-0.2, 0) is 19.4 Å². The lowest BCUT2D eigenvalue weighted by molar-refractivity contribution is 0.330. The largest absolute Gasteiger partial charge is 0.297 e. The average Bonchev–Trinajstić information content (AvgIpc) is 2.91. The van der Waals surface area contributed by atoms with Crippen molar-refractivity contribution in [1.29, 1.82) is 5.26 Å². The molecule has 0 saturated carbocycles. The molecule has 1 fully saturated rings. The van der Waals surface area contributed by atoms with Crippen molar-refractivity contribution in [2.45, 2.75) is 45.6 Å². The number of aryl methyl sites for hydroxylation is 1. The van der Waals surface area contributed by atoms with Crippen molar-refractivity contribution in [3.8, 4) is 6.07 Å². The predicted octanol–water partition coefficient (Wildman–Crippen LogP) is 2.76. The summed E-state index contributed by atoms with van der Waals surface area (Å²) in [6.45, 7) is 5.55. The van der Waals surface area contributed by atoms with E-state index in [0.717, 1.165) is 25.1 Å². The molecule has 0 aliphatic carbocycles. The first-order valence-electron chi connectivity index (χ1n) is 6.40. The van der Waals surface area contributed by atoms with Crippen LogP contribution in [0.4, 0.5) is 0 Å². The molecular formula is C13H19N3S. The zero-order valence-corrected chi connectivity index (χ0v) is 11.2.